The lowest BCUT2D eigenvalue weighted by atomic mass is 9.84. The van der Waals surface area contributed by atoms with Crippen molar-refractivity contribution in [1.29, 1.82) is 0 Å². The van der Waals surface area contributed by atoms with E-state index in [0.717, 1.165) is 25.7 Å². The van der Waals surface area contributed by atoms with Crippen molar-refractivity contribution in [3.63, 3.8) is 0 Å². The van der Waals surface area contributed by atoms with Crippen molar-refractivity contribution in [2.45, 2.75) is 44.6 Å². The Balaban J connectivity index is 2.07. The monoisotopic (exact) mass is 226 g/mol. The first-order valence-corrected chi connectivity index (χ1v) is 6.21. The summed E-state index contributed by atoms with van der Waals surface area (Å²) in [6, 6.07) is 0. The van der Waals surface area contributed by atoms with Crippen molar-refractivity contribution < 1.29 is 9.90 Å². The molecule has 3 N–H and O–H groups in total. The van der Waals surface area contributed by atoms with E-state index in [4.69, 9.17) is 5.73 Å². The summed E-state index contributed by atoms with van der Waals surface area (Å²) in [5, 5.41) is 9.89. The molecule has 0 aromatic heterocycles. The van der Waals surface area contributed by atoms with E-state index in [-0.39, 0.29) is 11.3 Å². The normalized spacial score (nSPS) is 33.3. The lowest BCUT2D eigenvalue weighted by molar-refractivity contribution is -0.141. The van der Waals surface area contributed by atoms with Gasteiger partial charge in [0.05, 0.1) is 11.0 Å². The summed E-state index contributed by atoms with van der Waals surface area (Å²) in [4.78, 5) is 14.2. The Morgan fingerprint density at radius 3 is 2.44 bits per heavy atom. The average Bonchev–Trinajstić information content (AvgIpc) is 2.84. The van der Waals surface area contributed by atoms with Crippen molar-refractivity contribution in [3.05, 3.63) is 0 Å². The van der Waals surface area contributed by atoms with Crippen LogP contribution in [0.3, 0.4) is 0 Å². The predicted octanol–water partition coefficient (Wildman–Crippen LogP) is 0.489. The molecular weight excluding hydrogens is 204 g/mol. The molecule has 0 bridgehead atoms. The molecule has 1 aliphatic heterocycles. The minimum Gasteiger partial charge on any atom is -0.388 e. The maximum Gasteiger partial charge on any atom is 0.230 e. The van der Waals surface area contributed by atoms with Crippen LogP contribution in [-0.4, -0.2) is 41.1 Å². The third-order valence-electron chi connectivity index (χ3n) is 4.14. The van der Waals surface area contributed by atoms with Gasteiger partial charge in [-0.2, -0.15) is 0 Å². The fraction of sp³-hybridized carbons (Fsp3) is 0.917. The van der Waals surface area contributed by atoms with Crippen LogP contribution in [0.1, 0.15) is 39.0 Å². The molecule has 2 rings (SSSR count). The van der Waals surface area contributed by atoms with Gasteiger partial charge in [-0.1, -0.05) is 12.8 Å². The van der Waals surface area contributed by atoms with E-state index in [1.807, 2.05) is 0 Å². The minimum atomic E-state index is -0.704. The SMILES string of the molecule is CC1(O)CCN(C(=O)C2(CN)CCCC2)C1. The molecule has 2 aliphatic rings. The van der Waals surface area contributed by atoms with Crippen LogP contribution in [0.15, 0.2) is 0 Å². The zero-order valence-electron chi connectivity index (χ0n) is 10.0. The smallest absolute Gasteiger partial charge is 0.230 e. The van der Waals surface area contributed by atoms with Crippen LogP contribution in [0.25, 0.3) is 0 Å². The molecule has 16 heavy (non-hydrogen) atoms. The molecule has 1 aliphatic carbocycles. The third-order valence-corrected chi connectivity index (χ3v) is 4.14. The van der Waals surface area contributed by atoms with Gasteiger partial charge in [0.25, 0.3) is 0 Å². The van der Waals surface area contributed by atoms with E-state index >= 15 is 0 Å². The van der Waals surface area contributed by atoms with Gasteiger partial charge in [-0.15, -0.1) is 0 Å². The van der Waals surface area contributed by atoms with Crippen molar-refractivity contribution in [1.82, 2.24) is 4.90 Å². The number of nitrogens with two attached hydrogens (primary N) is 1. The minimum absolute atomic E-state index is 0.172. The van der Waals surface area contributed by atoms with E-state index in [1.54, 1.807) is 11.8 Å². The molecule has 4 heteroatoms. The highest BCUT2D eigenvalue weighted by Gasteiger charge is 2.45. The van der Waals surface area contributed by atoms with Crippen LogP contribution in [0.5, 0.6) is 0 Å². The Hall–Kier alpha value is -0.610. The topological polar surface area (TPSA) is 66.6 Å². The van der Waals surface area contributed by atoms with Gasteiger partial charge in [0, 0.05) is 19.6 Å². The van der Waals surface area contributed by atoms with Gasteiger partial charge in [0.2, 0.25) is 5.91 Å². The largest absolute Gasteiger partial charge is 0.388 e. The van der Waals surface area contributed by atoms with Crippen LogP contribution >= 0.6 is 0 Å². The molecule has 4 nitrogen and oxygen atoms in total. The molecule has 0 aromatic rings. The summed E-state index contributed by atoms with van der Waals surface area (Å²) in [6.07, 6.45) is 4.72. The average molecular weight is 226 g/mol. The van der Waals surface area contributed by atoms with Crippen LogP contribution in [0.2, 0.25) is 0 Å². The van der Waals surface area contributed by atoms with Crippen LogP contribution in [-0.2, 0) is 4.79 Å². The molecule has 1 atom stereocenters. The lowest BCUT2D eigenvalue weighted by Crippen LogP contribution is -2.46. The number of β-amino-alcohol motifs (C(OH)–C–C–N with tert-alkyl or cyclic N) is 1. The van der Waals surface area contributed by atoms with Gasteiger partial charge >= 0.3 is 0 Å². The third kappa shape index (κ3) is 1.96. The Kier molecular flexibility index (Phi) is 2.97. The highest BCUT2D eigenvalue weighted by Crippen LogP contribution is 2.40. The molecule has 1 saturated heterocycles. The van der Waals surface area contributed by atoms with Gasteiger partial charge in [-0.05, 0) is 26.2 Å². The van der Waals surface area contributed by atoms with E-state index < -0.39 is 5.60 Å². The van der Waals surface area contributed by atoms with Crippen LogP contribution in [0, 0.1) is 5.41 Å². The Labute approximate surface area is 96.8 Å². The predicted molar refractivity (Wildman–Crippen MR) is 61.8 cm³/mol. The van der Waals surface area contributed by atoms with Crippen molar-refractivity contribution in [2.75, 3.05) is 19.6 Å². The number of rotatable bonds is 2. The maximum atomic E-state index is 12.4. The summed E-state index contributed by atoms with van der Waals surface area (Å²) >= 11 is 0. The molecule has 2 fully saturated rings. The second kappa shape index (κ2) is 4.00. The van der Waals surface area contributed by atoms with E-state index in [9.17, 15) is 9.90 Å². The number of carbonyl (C=O) groups excluding carboxylic acids is 1. The van der Waals surface area contributed by atoms with Crippen molar-refractivity contribution in [2.24, 2.45) is 11.1 Å². The van der Waals surface area contributed by atoms with E-state index in [0.29, 0.717) is 26.1 Å². The molecule has 0 spiro atoms. The second-order valence-electron chi connectivity index (χ2n) is 5.67. The van der Waals surface area contributed by atoms with Crippen LogP contribution in [0.4, 0.5) is 0 Å². The first-order valence-electron chi connectivity index (χ1n) is 6.21. The number of hydrogen-bond acceptors (Lipinski definition) is 3. The fourth-order valence-corrected chi connectivity index (χ4v) is 3.01. The van der Waals surface area contributed by atoms with E-state index in [1.165, 1.54) is 0 Å². The number of aliphatic hydroxyl groups is 1. The van der Waals surface area contributed by atoms with Gasteiger partial charge < -0.3 is 15.7 Å². The van der Waals surface area contributed by atoms with E-state index in [2.05, 4.69) is 0 Å². The van der Waals surface area contributed by atoms with Gasteiger partial charge in [0.15, 0.2) is 0 Å². The Morgan fingerprint density at radius 1 is 1.38 bits per heavy atom. The molecule has 0 radical (unpaired) electrons. The maximum absolute atomic E-state index is 12.4. The Morgan fingerprint density at radius 2 is 2.00 bits per heavy atom. The number of likely N-dealkylation sites (tertiary alicyclic amines) is 1. The number of carbonyl (C=O) groups is 1. The standard InChI is InChI=1S/C12H22N2O2/c1-11(16)6-7-14(9-11)10(15)12(8-13)4-2-3-5-12/h16H,2-9,13H2,1H3. The van der Waals surface area contributed by atoms with Crippen molar-refractivity contribution in [3.8, 4) is 0 Å². The van der Waals surface area contributed by atoms with Gasteiger partial charge in [0.1, 0.15) is 0 Å². The zero-order chi connectivity index (χ0) is 11.8. The van der Waals surface area contributed by atoms with Gasteiger partial charge in [-0.25, -0.2) is 0 Å². The quantitative estimate of drug-likeness (QED) is 0.720. The highest BCUT2D eigenvalue weighted by atomic mass is 16.3. The number of amides is 1. The molecule has 0 aromatic carbocycles. The summed E-state index contributed by atoms with van der Waals surface area (Å²) in [5.74, 6) is 0.172. The summed E-state index contributed by atoms with van der Waals surface area (Å²) in [7, 11) is 0. The lowest BCUT2D eigenvalue weighted by Gasteiger charge is -2.31. The summed E-state index contributed by atoms with van der Waals surface area (Å²) in [5.41, 5.74) is 4.77. The molecule has 1 saturated carbocycles. The first kappa shape index (κ1) is 11.9. The highest BCUT2D eigenvalue weighted by molar-refractivity contribution is 5.83. The fourth-order valence-electron chi connectivity index (χ4n) is 3.01. The molecule has 92 valence electrons. The summed E-state index contributed by atoms with van der Waals surface area (Å²) < 4.78 is 0. The molecule has 1 amide bonds. The van der Waals surface area contributed by atoms with Crippen molar-refractivity contribution >= 4 is 5.91 Å². The number of hydrogen-bond donors (Lipinski definition) is 2. The molecule has 1 heterocycles. The van der Waals surface area contributed by atoms with Gasteiger partial charge in [-0.3, -0.25) is 4.79 Å². The molecule has 1 unspecified atom stereocenters. The first-order chi connectivity index (χ1) is 7.49. The Bertz CT molecular complexity index is 283. The van der Waals surface area contributed by atoms with Crippen LogP contribution < -0.4 is 5.73 Å². The molecular formula is C12H22N2O2. The summed E-state index contributed by atoms with van der Waals surface area (Å²) in [6.45, 7) is 3.38. The second-order valence-corrected chi connectivity index (χ2v) is 5.67. The number of nitrogens with zero attached hydrogens (tertiary/aromatic N) is 1. The zero-order valence-corrected chi connectivity index (χ0v) is 10.0.